The monoisotopic (exact) mass is 520 g/mol. The predicted octanol–water partition coefficient (Wildman–Crippen LogP) is 4.33. The number of hydrogen-bond donors (Lipinski definition) is 0. The molecule has 1 atom stereocenters. The first-order chi connectivity index (χ1) is 17.8. The minimum absolute atomic E-state index is 0.231. The first-order valence-electron chi connectivity index (χ1n) is 12.4. The number of carbonyl (C=O) groups excluding carboxylic acids is 1. The molecule has 0 saturated carbocycles. The Kier molecular flexibility index (Phi) is 7.97. The van der Waals surface area contributed by atoms with Crippen molar-refractivity contribution in [2.75, 3.05) is 20.3 Å². The number of thiazole rings is 1. The fourth-order valence-corrected chi connectivity index (χ4v) is 5.45. The Morgan fingerprint density at radius 3 is 2.49 bits per heavy atom. The normalized spacial score (nSPS) is 15.4. The molecule has 0 amide bonds. The average molecular weight is 521 g/mol. The molecule has 0 saturated heterocycles. The minimum Gasteiger partial charge on any atom is -0.493 e. The highest BCUT2D eigenvalue weighted by atomic mass is 32.1. The van der Waals surface area contributed by atoms with Gasteiger partial charge in [0.1, 0.15) is 0 Å². The molecule has 7 nitrogen and oxygen atoms in total. The molecule has 4 rings (SSSR count). The maximum absolute atomic E-state index is 13.9. The van der Waals surface area contributed by atoms with Gasteiger partial charge in [0.25, 0.3) is 5.56 Å². The highest BCUT2D eigenvalue weighted by Gasteiger charge is 2.33. The molecule has 0 aliphatic carbocycles. The number of nitrogens with zero attached hydrogens (tertiary/aromatic N) is 2. The molecule has 1 aromatic heterocycles. The first-order valence-corrected chi connectivity index (χ1v) is 13.2. The van der Waals surface area contributed by atoms with Crippen LogP contribution in [0.5, 0.6) is 11.5 Å². The van der Waals surface area contributed by atoms with Gasteiger partial charge in [0, 0.05) is 5.56 Å². The molecule has 1 aliphatic rings. The van der Waals surface area contributed by atoms with Crippen LogP contribution in [0.4, 0.5) is 0 Å². The lowest BCUT2D eigenvalue weighted by atomic mass is 9.93. The van der Waals surface area contributed by atoms with Gasteiger partial charge in [0.05, 0.1) is 42.2 Å². The number of methoxy groups -OCH3 is 1. The summed E-state index contributed by atoms with van der Waals surface area (Å²) >= 11 is 1.28. The summed E-state index contributed by atoms with van der Waals surface area (Å²) in [4.78, 5) is 32.1. The molecule has 194 valence electrons. The van der Waals surface area contributed by atoms with Crippen LogP contribution in [-0.4, -0.2) is 30.9 Å². The summed E-state index contributed by atoms with van der Waals surface area (Å²) in [7, 11) is 1.58. The van der Waals surface area contributed by atoms with Crippen molar-refractivity contribution in [3.8, 4) is 11.5 Å². The number of ether oxygens (including phenoxy) is 3. The van der Waals surface area contributed by atoms with E-state index in [9.17, 15) is 9.59 Å². The van der Waals surface area contributed by atoms with E-state index in [0.29, 0.717) is 44.6 Å². The number of allylic oxidation sites excluding steroid dienone is 1. The van der Waals surface area contributed by atoms with Gasteiger partial charge in [-0.05, 0) is 50.0 Å². The van der Waals surface area contributed by atoms with E-state index in [4.69, 9.17) is 14.2 Å². The summed E-state index contributed by atoms with van der Waals surface area (Å²) in [6.45, 7) is 10.4. The molecule has 3 aromatic rings. The second kappa shape index (κ2) is 11.2. The van der Waals surface area contributed by atoms with Gasteiger partial charge in [-0.3, -0.25) is 9.36 Å². The molecule has 0 fully saturated rings. The van der Waals surface area contributed by atoms with Crippen molar-refractivity contribution in [1.29, 1.82) is 0 Å². The number of carbonyl (C=O) groups is 1. The van der Waals surface area contributed by atoms with Crippen LogP contribution in [-0.2, 0) is 9.53 Å². The maximum atomic E-state index is 13.9. The van der Waals surface area contributed by atoms with Gasteiger partial charge in [-0.15, -0.1) is 0 Å². The summed E-state index contributed by atoms with van der Waals surface area (Å²) in [5, 5.41) is 0. The number of hydrogen-bond acceptors (Lipinski definition) is 7. The van der Waals surface area contributed by atoms with E-state index in [1.54, 1.807) is 31.6 Å². The van der Waals surface area contributed by atoms with E-state index in [1.165, 1.54) is 16.9 Å². The van der Waals surface area contributed by atoms with E-state index in [2.05, 4.69) is 18.8 Å². The lowest BCUT2D eigenvalue weighted by Gasteiger charge is -2.25. The van der Waals surface area contributed by atoms with Gasteiger partial charge in [0.15, 0.2) is 16.3 Å². The average Bonchev–Trinajstić information content (AvgIpc) is 3.18. The van der Waals surface area contributed by atoms with Crippen LogP contribution in [0.15, 0.2) is 63.5 Å². The highest BCUT2D eigenvalue weighted by Crippen LogP contribution is 2.33. The SMILES string of the molecule is CCOC(=O)C1=C(C)N=c2s/c(=C\c3cccc(OC)c3OCC)c(=O)n2[C@H]1c1ccc(C(C)C)cc1. The molecule has 0 radical (unpaired) electrons. The van der Waals surface area contributed by atoms with Gasteiger partial charge < -0.3 is 14.2 Å². The van der Waals surface area contributed by atoms with E-state index in [1.807, 2.05) is 49.4 Å². The van der Waals surface area contributed by atoms with E-state index < -0.39 is 12.0 Å². The second-order valence-electron chi connectivity index (χ2n) is 8.94. The van der Waals surface area contributed by atoms with Crippen LogP contribution in [0.1, 0.15) is 63.3 Å². The van der Waals surface area contributed by atoms with Gasteiger partial charge in [-0.25, -0.2) is 9.79 Å². The fourth-order valence-electron chi connectivity index (χ4n) is 4.42. The Labute approximate surface area is 220 Å². The number of aromatic nitrogens is 1. The maximum Gasteiger partial charge on any atom is 0.338 e. The molecule has 0 N–H and O–H groups in total. The van der Waals surface area contributed by atoms with E-state index >= 15 is 0 Å². The Balaban J connectivity index is 1.94. The largest absolute Gasteiger partial charge is 0.493 e. The quantitative estimate of drug-likeness (QED) is 0.413. The molecular weight excluding hydrogens is 488 g/mol. The molecule has 37 heavy (non-hydrogen) atoms. The zero-order valence-electron chi connectivity index (χ0n) is 22.0. The molecule has 0 unspecified atom stereocenters. The van der Waals surface area contributed by atoms with Gasteiger partial charge in [-0.1, -0.05) is 61.6 Å². The molecule has 2 aromatic carbocycles. The second-order valence-corrected chi connectivity index (χ2v) is 9.94. The number of esters is 1. The zero-order valence-corrected chi connectivity index (χ0v) is 22.8. The Bertz CT molecular complexity index is 1510. The topological polar surface area (TPSA) is 79.1 Å². The number of fused-ring (bicyclic) bond motifs is 1. The standard InChI is InChI=1S/C29H32N2O5S/c1-7-35-26-21(10-9-11-22(26)34-6)16-23-27(32)31-25(20-14-12-19(13-15-20)17(3)4)24(28(33)36-8-2)18(5)30-29(31)37-23/h9-17,25H,7-8H2,1-6H3/b23-16-/t25-/m0/s1. The van der Waals surface area contributed by atoms with Crippen molar-refractivity contribution >= 4 is 23.4 Å². The first kappa shape index (κ1) is 26.4. The number of para-hydroxylation sites is 1. The summed E-state index contributed by atoms with van der Waals surface area (Å²) in [5.41, 5.74) is 3.41. The fraction of sp³-hybridized carbons (Fsp3) is 0.345. The van der Waals surface area contributed by atoms with Gasteiger partial charge in [-0.2, -0.15) is 0 Å². The third-order valence-corrected chi connectivity index (χ3v) is 7.22. The molecule has 0 spiro atoms. The van der Waals surface area contributed by atoms with Crippen LogP contribution in [0.25, 0.3) is 6.08 Å². The summed E-state index contributed by atoms with van der Waals surface area (Å²) in [6.07, 6.45) is 1.79. The van der Waals surface area contributed by atoms with Crippen molar-refractivity contribution in [1.82, 2.24) is 4.57 Å². The number of rotatable bonds is 8. The summed E-state index contributed by atoms with van der Waals surface area (Å²) < 4.78 is 18.8. The third kappa shape index (κ3) is 5.11. The van der Waals surface area contributed by atoms with Crippen LogP contribution >= 0.6 is 11.3 Å². The smallest absolute Gasteiger partial charge is 0.338 e. The molecule has 0 bridgehead atoms. The van der Waals surface area contributed by atoms with Gasteiger partial charge in [0.2, 0.25) is 0 Å². The Hall–Kier alpha value is -3.65. The van der Waals surface area contributed by atoms with Crippen molar-refractivity contribution in [2.45, 2.75) is 46.6 Å². The van der Waals surface area contributed by atoms with Crippen LogP contribution < -0.4 is 24.4 Å². The van der Waals surface area contributed by atoms with Crippen molar-refractivity contribution in [3.05, 3.63) is 90.1 Å². The van der Waals surface area contributed by atoms with Crippen molar-refractivity contribution < 1.29 is 19.0 Å². The van der Waals surface area contributed by atoms with Gasteiger partial charge >= 0.3 is 5.97 Å². The lowest BCUT2D eigenvalue weighted by molar-refractivity contribution is -0.139. The third-order valence-electron chi connectivity index (χ3n) is 6.24. The molecule has 2 heterocycles. The summed E-state index contributed by atoms with van der Waals surface area (Å²) in [5.74, 6) is 1.05. The van der Waals surface area contributed by atoms with Crippen LogP contribution in [0.3, 0.4) is 0 Å². The molecule has 1 aliphatic heterocycles. The van der Waals surface area contributed by atoms with E-state index in [0.717, 1.165) is 11.1 Å². The molecular formula is C29H32N2O5S. The summed E-state index contributed by atoms with van der Waals surface area (Å²) in [6, 6.07) is 12.9. The van der Waals surface area contributed by atoms with Crippen molar-refractivity contribution in [3.63, 3.8) is 0 Å². The lowest BCUT2D eigenvalue weighted by Crippen LogP contribution is -2.39. The molecule has 8 heteroatoms. The van der Waals surface area contributed by atoms with Crippen LogP contribution in [0, 0.1) is 0 Å². The minimum atomic E-state index is -0.643. The Morgan fingerprint density at radius 2 is 1.86 bits per heavy atom. The van der Waals surface area contributed by atoms with E-state index in [-0.39, 0.29) is 12.2 Å². The van der Waals surface area contributed by atoms with Crippen LogP contribution in [0.2, 0.25) is 0 Å². The van der Waals surface area contributed by atoms with Crippen molar-refractivity contribution in [2.24, 2.45) is 4.99 Å². The highest BCUT2D eigenvalue weighted by molar-refractivity contribution is 7.07. The number of benzene rings is 2. The Morgan fingerprint density at radius 1 is 1.14 bits per heavy atom. The zero-order chi connectivity index (χ0) is 26.7. The predicted molar refractivity (Wildman–Crippen MR) is 145 cm³/mol.